The monoisotopic (exact) mass is 519 g/mol. The van der Waals surface area contributed by atoms with Crippen LogP contribution in [-0.2, 0) is 14.3 Å². The van der Waals surface area contributed by atoms with Crippen LogP contribution in [0.5, 0.6) is 5.75 Å². The van der Waals surface area contributed by atoms with Gasteiger partial charge in [0.1, 0.15) is 11.4 Å². The van der Waals surface area contributed by atoms with E-state index in [-0.39, 0.29) is 29.8 Å². The topological polar surface area (TPSA) is 71.4 Å². The minimum atomic E-state index is -0.295. The van der Waals surface area contributed by atoms with E-state index in [0.29, 0.717) is 40.4 Å². The smallest absolute Gasteiger partial charge is 0.283 e. The summed E-state index contributed by atoms with van der Waals surface area (Å²) in [4.78, 5) is 35.3. The van der Waals surface area contributed by atoms with Crippen LogP contribution in [0.3, 0.4) is 0 Å². The SMILES string of the molecule is COc1ccc(Cl)cc1N1C(=O)/C(=C\c2sccc2C)N=C1SCC(=O)N1C[C@@H](C)O[C@H](C)C1. The highest BCUT2D eigenvalue weighted by Gasteiger charge is 2.35. The van der Waals surface area contributed by atoms with Crippen molar-refractivity contribution in [1.29, 1.82) is 0 Å². The van der Waals surface area contributed by atoms with Gasteiger partial charge < -0.3 is 14.4 Å². The number of hydrogen-bond donors (Lipinski definition) is 0. The number of thioether (sulfide) groups is 1. The van der Waals surface area contributed by atoms with E-state index in [9.17, 15) is 9.59 Å². The number of carbonyl (C=O) groups is 2. The summed E-state index contributed by atoms with van der Waals surface area (Å²) in [6, 6.07) is 7.07. The maximum atomic E-state index is 13.5. The van der Waals surface area contributed by atoms with Gasteiger partial charge in [-0.1, -0.05) is 23.4 Å². The van der Waals surface area contributed by atoms with Crippen molar-refractivity contribution in [3.63, 3.8) is 0 Å². The molecule has 2 aromatic rings. The van der Waals surface area contributed by atoms with Crippen molar-refractivity contribution in [2.75, 3.05) is 30.9 Å². The second-order valence-electron chi connectivity index (χ2n) is 8.19. The van der Waals surface area contributed by atoms with Crippen LogP contribution in [0.15, 0.2) is 40.3 Å². The van der Waals surface area contributed by atoms with Gasteiger partial charge in [-0.3, -0.25) is 9.59 Å². The van der Waals surface area contributed by atoms with E-state index in [1.165, 1.54) is 23.8 Å². The fourth-order valence-corrected chi connectivity index (χ4v) is 5.83. The molecule has 0 unspecified atom stereocenters. The fourth-order valence-electron chi connectivity index (χ4n) is 3.90. The number of nitrogens with zero attached hydrogens (tertiary/aromatic N) is 3. The highest BCUT2D eigenvalue weighted by atomic mass is 35.5. The molecular weight excluding hydrogens is 494 g/mol. The van der Waals surface area contributed by atoms with E-state index < -0.39 is 0 Å². The van der Waals surface area contributed by atoms with E-state index in [1.807, 2.05) is 32.2 Å². The lowest BCUT2D eigenvalue weighted by molar-refractivity contribution is -0.140. The standard InChI is InChI=1S/C24H26ClN3O4S2/c1-14-7-8-33-21(14)10-18-23(30)28(19-9-17(25)5-6-20(19)31-4)24(26-18)34-13-22(29)27-11-15(2)32-16(3)12-27/h5-10,15-16H,11-13H2,1-4H3/b18-10+/t15-,16-/m1/s1. The molecule has 1 fully saturated rings. The molecule has 0 N–H and O–H groups in total. The number of hydrogen-bond acceptors (Lipinski definition) is 7. The molecule has 2 aliphatic rings. The molecule has 0 bridgehead atoms. The van der Waals surface area contributed by atoms with E-state index in [4.69, 9.17) is 21.1 Å². The Morgan fingerprint density at radius 3 is 2.71 bits per heavy atom. The molecule has 7 nitrogen and oxygen atoms in total. The summed E-state index contributed by atoms with van der Waals surface area (Å²) >= 11 is 9.02. The molecule has 0 spiro atoms. The third kappa shape index (κ3) is 5.33. The van der Waals surface area contributed by atoms with Gasteiger partial charge >= 0.3 is 0 Å². The Labute approximate surface area is 212 Å². The number of anilines is 1. The zero-order valence-corrected chi connectivity index (χ0v) is 21.8. The average molecular weight is 520 g/mol. The van der Waals surface area contributed by atoms with Crippen LogP contribution in [0.2, 0.25) is 5.02 Å². The van der Waals surface area contributed by atoms with E-state index in [0.717, 1.165) is 10.4 Å². The van der Waals surface area contributed by atoms with Gasteiger partial charge in [-0.25, -0.2) is 9.89 Å². The summed E-state index contributed by atoms with van der Waals surface area (Å²) in [7, 11) is 1.54. The molecule has 0 saturated carbocycles. The Bertz CT molecular complexity index is 1150. The van der Waals surface area contributed by atoms with Gasteiger partial charge in [0.2, 0.25) is 5.91 Å². The zero-order valence-electron chi connectivity index (χ0n) is 19.4. The van der Waals surface area contributed by atoms with Crippen LogP contribution in [0.25, 0.3) is 6.08 Å². The maximum Gasteiger partial charge on any atom is 0.283 e. The normalized spacial score (nSPS) is 21.9. The minimum Gasteiger partial charge on any atom is -0.495 e. The van der Waals surface area contributed by atoms with Crippen LogP contribution in [0, 0.1) is 6.92 Å². The highest BCUT2D eigenvalue weighted by molar-refractivity contribution is 8.14. The quantitative estimate of drug-likeness (QED) is 0.529. The van der Waals surface area contributed by atoms with E-state index >= 15 is 0 Å². The number of morpholine rings is 1. The van der Waals surface area contributed by atoms with Gasteiger partial charge in [-0.2, -0.15) is 0 Å². The number of methoxy groups -OCH3 is 1. The molecule has 0 radical (unpaired) electrons. The molecule has 1 aromatic heterocycles. The van der Waals surface area contributed by atoms with Crippen molar-refractivity contribution < 1.29 is 19.1 Å². The van der Waals surface area contributed by atoms with Crippen LogP contribution in [0.4, 0.5) is 5.69 Å². The number of amides is 2. The van der Waals surface area contributed by atoms with E-state index in [1.54, 1.807) is 40.5 Å². The number of aliphatic imine (C=N–C) groups is 1. The first-order chi connectivity index (χ1) is 16.3. The van der Waals surface area contributed by atoms with Crippen LogP contribution in [-0.4, -0.2) is 60.0 Å². The highest BCUT2D eigenvalue weighted by Crippen LogP contribution is 2.37. The summed E-state index contributed by atoms with van der Waals surface area (Å²) in [6.07, 6.45) is 1.75. The number of carbonyl (C=O) groups excluding carboxylic acids is 2. The Morgan fingerprint density at radius 1 is 1.32 bits per heavy atom. The molecular formula is C24H26ClN3O4S2. The lowest BCUT2D eigenvalue weighted by Gasteiger charge is -2.35. The summed E-state index contributed by atoms with van der Waals surface area (Å²) in [6.45, 7) is 7.00. The molecule has 2 atom stereocenters. The first-order valence-corrected chi connectivity index (χ1v) is 13.1. The molecule has 180 valence electrons. The van der Waals surface area contributed by atoms with Gasteiger partial charge in [0.15, 0.2) is 5.17 Å². The van der Waals surface area contributed by atoms with Gasteiger partial charge in [0, 0.05) is 23.0 Å². The van der Waals surface area contributed by atoms with E-state index in [2.05, 4.69) is 4.99 Å². The third-order valence-electron chi connectivity index (χ3n) is 5.48. The first-order valence-electron chi connectivity index (χ1n) is 10.8. The van der Waals surface area contributed by atoms with Crippen LogP contribution in [0.1, 0.15) is 24.3 Å². The third-order valence-corrected chi connectivity index (χ3v) is 7.60. The number of aryl methyl sites for hydroxylation is 1. The predicted octanol–water partition coefficient (Wildman–Crippen LogP) is 4.83. The molecule has 2 amide bonds. The van der Waals surface area contributed by atoms with Crippen LogP contribution >= 0.6 is 34.7 Å². The zero-order chi connectivity index (χ0) is 24.4. The number of benzene rings is 1. The fraction of sp³-hybridized carbons (Fsp3) is 0.375. The van der Waals surface area contributed by atoms with Crippen molar-refractivity contribution in [2.24, 2.45) is 4.99 Å². The lowest BCUT2D eigenvalue weighted by Crippen LogP contribution is -2.49. The number of amidine groups is 1. The Hall–Kier alpha value is -2.33. The summed E-state index contributed by atoms with van der Waals surface area (Å²) in [5.41, 5.74) is 1.86. The molecule has 4 rings (SSSR count). The van der Waals surface area contributed by atoms with Crippen molar-refractivity contribution in [3.05, 3.63) is 50.8 Å². The molecule has 34 heavy (non-hydrogen) atoms. The van der Waals surface area contributed by atoms with Gasteiger partial charge in [-0.15, -0.1) is 11.3 Å². The number of thiophene rings is 1. The number of ether oxygens (including phenoxy) is 2. The molecule has 10 heteroatoms. The van der Waals surface area contributed by atoms with Crippen molar-refractivity contribution in [1.82, 2.24) is 4.90 Å². The second-order valence-corrected chi connectivity index (χ2v) is 10.5. The molecule has 1 aromatic carbocycles. The predicted molar refractivity (Wildman–Crippen MR) is 139 cm³/mol. The Balaban J connectivity index is 1.63. The molecule has 3 heterocycles. The van der Waals surface area contributed by atoms with Gasteiger partial charge in [-0.05, 0) is 62.1 Å². The van der Waals surface area contributed by atoms with Crippen molar-refractivity contribution in [3.8, 4) is 5.75 Å². The Kier molecular flexibility index (Phi) is 7.67. The molecule has 1 saturated heterocycles. The number of rotatable bonds is 5. The van der Waals surface area contributed by atoms with Gasteiger partial charge in [0.25, 0.3) is 5.91 Å². The number of halogens is 1. The van der Waals surface area contributed by atoms with Crippen molar-refractivity contribution in [2.45, 2.75) is 33.0 Å². The molecule has 0 aliphatic carbocycles. The average Bonchev–Trinajstić information content (AvgIpc) is 3.33. The summed E-state index contributed by atoms with van der Waals surface area (Å²) in [5.74, 6) is 0.321. The van der Waals surface area contributed by atoms with Crippen molar-refractivity contribution >= 4 is 63.4 Å². The lowest BCUT2D eigenvalue weighted by atomic mass is 10.2. The first kappa shape index (κ1) is 24.8. The van der Waals surface area contributed by atoms with Crippen LogP contribution < -0.4 is 9.64 Å². The second kappa shape index (κ2) is 10.5. The minimum absolute atomic E-state index is 0.0149. The van der Waals surface area contributed by atoms with Gasteiger partial charge in [0.05, 0.1) is 30.8 Å². The summed E-state index contributed by atoms with van der Waals surface area (Å²) in [5, 5.41) is 2.85. The summed E-state index contributed by atoms with van der Waals surface area (Å²) < 4.78 is 11.2. The Morgan fingerprint density at radius 2 is 2.06 bits per heavy atom. The maximum absolute atomic E-state index is 13.5. The molecule has 2 aliphatic heterocycles. The largest absolute Gasteiger partial charge is 0.495 e.